The average molecular weight is 297 g/mol. The van der Waals surface area contributed by atoms with Crippen molar-refractivity contribution in [2.24, 2.45) is 23.7 Å². The van der Waals surface area contributed by atoms with E-state index in [0.717, 1.165) is 23.7 Å². The normalized spacial score (nSPS) is 47.1. The Hall–Kier alpha value is -0.0800. The summed E-state index contributed by atoms with van der Waals surface area (Å²) in [4.78, 5) is 0. The van der Waals surface area contributed by atoms with Gasteiger partial charge in [0.25, 0.3) is 0 Å². The predicted octanol–water partition coefficient (Wildman–Crippen LogP) is 3.62. The highest BCUT2D eigenvalue weighted by Crippen LogP contribution is 2.32. The molecular weight excluding hydrogens is 256 g/mol. The van der Waals surface area contributed by atoms with Crippen LogP contribution >= 0.6 is 0 Å². The molecule has 0 aromatic rings. The van der Waals surface area contributed by atoms with Crippen LogP contribution < -0.4 is 0 Å². The van der Waals surface area contributed by atoms with Gasteiger partial charge in [-0.2, -0.15) is 0 Å². The topological polar surface area (TPSA) is 0 Å². The first-order valence-electron chi connectivity index (χ1n) is 9.55. The minimum absolute atomic E-state index is 0.922. The maximum atomic E-state index is 2.46. The number of hydrogen-bond acceptors (Lipinski definition) is 0. The van der Waals surface area contributed by atoms with Crippen molar-refractivity contribution < 1.29 is 8.97 Å². The Morgan fingerprint density at radius 1 is 0.619 bits per heavy atom. The molecule has 0 spiro atoms. The summed E-state index contributed by atoms with van der Waals surface area (Å²) in [5.74, 6) is 3.69. The van der Waals surface area contributed by atoms with Crippen LogP contribution in [0.2, 0.25) is 0 Å². The molecule has 4 unspecified atom stereocenters. The van der Waals surface area contributed by atoms with Crippen molar-refractivity contribution in [3.8, 4) is 0 Å². The lowest BCUT2D eigenvalue weighted by Crippen LogP contribution is -2.51. The molecule has 2 fully saturated rings. The summed E-state index contributed by atoms with van der Waals surface area (Å²) in [6, 6.07) is 0. The molecule has 21 heavy (non-hydrogen) atoms. The lowest BCUT2D eigenvalue weighted by atomic mass is 10.0. The molecule has 2 aliphatic rings. The monoisotopic (exact) mass is 296 g/mol. The van der Waals surface area contributed by atoms with Gasteiger partial charge in [-0.25, -0.2) is 0 Å². The van der Waals surface area contributed by atoms with E-state index in [2.05, 4.69) is 41.5 Å². The maximum Gasteiger partial charge on any atom is 0.0841 e. The van der Waals surface area contributed by atoms with Gasteiger partial charge in [-0.3, -0.25) is 0 Å². The SMILES string of the molecule is CC[N+]1(CCC[N+]2(CC)CC(C)C(C)C2)CC(C)C(C)C1. The fraction of sp³-hybridized carbons (Fsp3) is 1.00. The van der Waals surface area contributed by atoms with Gasteiger partial charge >= 0.3 is 0 Å². The van der Waals surface area contributed by atoms with Gasteiger partial charge in [0.05, 0.1) is 52.4 Å². The van der Waals surface area contributed by atoms with Gasteiger partial charge in [-0.15, -0.1) is 0 Å². The smallest absolute Gasteiger partial charge is 0.0841 e. The molecule has 4 atom stereocenters. The number of nitrogens with zero attached hydrogens (tertiary/aromatic N) is 2. The second kappa shape index (κ2) is 6.58. The van der Waals surface area contributed by atoms with Crippen LogP contribution in [0.1, 0.15) is 48.0 Å². The molecule has 2 saturated heterocycles. The Morgan fingerprint density at radius 2 is 0.905 bits per heavy atom. The van der Waals surface area contributed by atoms with Gasteiger partial charge in [0.2, 0.25) is 0 Å². The Bertz CT molecular complexity index is 286. The zero-order valence-corrected chi connectivity index (χ0v) is 15.6. The summed E-state index contributed by atoms with van der Waals surface area (Å²) in [5, 5.41) is 0. The number of rotatable bonds is 6. The van der Waals surface area contributed by atoms with Crippen molar-refractivity contribution in [2.75, 3.05) is 52.4 Å². The van der Waals surface area contributed by atoms with Crippen molar-refractivity contribution in [3.05, 3.63) is 0 Å². The number of quaternary nitrogens is 2. The van der Waals surface area contributed by atoms with Gasteiger partial charge in [0.15, 0.2) is 0 Å². The van der Waals surface area contributed by atoms with E-state index in [0.29, 0.717) is 0 Å². The molecule has 0 bridgehead atoms. The maximum absolute atomic E-state index is 2.46. The molecule has 2 heteroatoms. The van der Waals surface area contributed by atoms with Crippen LogP contribution in [0, 0.1) is 23.7 Å². The summed E-state index contributed by atoms with van der Waals surface area (Å²) in [6.07, 6.45) is 1.43. The van der Waals surface area contributed by atoms with Crippen molar-refractivity contribution in [3.63, 3.8) is 0 Å². The predicted molar refractivity (Wildman–Crippen MR) is 92.1 cm³/mol. The summed E-state index contributed by atoms with van der Waals surface area (Å²) >= 11 is 0. The molecule has 2 aliphatic heterocycles. The quantitative estimate of drug-likeness (QED) is 0.657. The highest BCUT2D eigenvalue weighted by Gasteiger charge is 2.42. The molecule has 0 aliphatic carbocycles. The lowest BCUT2D eigenvalue weighted by molar-refractivity contribution is -0.935. The fourth-order valence-corrected chi connectivity index (χ4v) is 5.25. The molecule has 0 saturated carbocycles. The molecular formula is C19H40N2+2. The third-order valence-electron chi connectivity index (χ3n) is 7.25. The van der Waals surface area contributed by atoms with Crippen LogP contribution in [0.4, 0.5) is 0 Å². The molecule has 124 valence electrons. The van der Waals surface area contributed by atoms with E-state index < -0.39 is 0 Å². The van der Waals surface area contributed by atoms with Gasteiger partial charge in [0, 0.05) is 30.1 Å². The Kier molecular flexibility index (Phi) is 5.41. The molecule has 0 radical (unpaired) electrons. The fourth-order valence-electron chi connectivity index (χ4n) is 5.25. The van der Waals surface area contributed by atoms with Crippen molar-refractivity contribution >= 4 is 0 Å². The van der Waals surface area contributed by atoms with E-state index in [1.165, 1.54) is 67.7 Å². The minimum atomic E-state index is 0.922. The Morgan fingerprint density at radius 3 is 1.14 bits per heavy atom. The van der Waals surface area contributed by atoms with Gasteiger partial charge in [0.1, 0.15) is 0 Å². The van der Waals surface area contributed by atoms with E-state index in [1.54, 1.807) is 0 Å². The van der Waals surface area contributed by atoms with Crippen LogP contribution in [0.25, 0.3) is 0 Å². The number of hydrogen-bond donors (Lipinski definition) is 0. The summed E-state index contributed by atoms with van der Waals surface area (Å²) in [6.45, 7) is 25.9. The Labute approximate surface area is 133 Å². The molecule has 0 amide bonds. The minimum Gasteiger partial charge on any atom is -0.323 e. The molecule has 2 nitrogen and oxygen atoms in total. The van der Waals surface area contributed by atoms with E-state index in [4.69, 9.17) is 0 Å². The first-order chi connectivity index (χ1) is 9.85. The summed E-state index contributed by atoms with van der Waals surface area (Å²) in [7, 11) is 0. The second-order valence-electron chi connectivity index (χ2n) is 8.76. The van der Waals surface area contributed by atoms with Crippen LogP contribution in [0.3, 0.4) is 0 Å². The first-order valence-corrected chi connectivity index (χ1v) is 9.55. The van der Waals surface area contributed by atoms with Gasteiger partial charge < -0.3 is 8.97 Å². The zero-order valence-electron chi connectivity index (χ0n) is 15.6. The average Bonchev–Trinajstić information content (AvgIpc) is 2.89. The second-order valence-corrected chi connectivity index (χ2v) is 8.76. The van der Waals surface area contributed by atoms with Crippen molar-refractivity contribution in [1.82, 2.24) is 0 Å². The van der Waals surface area contributed by atoms with Crippen LogP contribution in [-0.2, 0) is 0 Å². The third-order valence-corrected chi connectivity index (χ3v) is 7.25. The van der Waals surface area contributed by atoms with E-state index in [-0.39, 0.29) is 0 Å². The summed E-state index contributed by atoms with van der Waals surface area (Å²) < 4.78 is 2.80. The number of likely N-dealkylation sites (tertiary alicyclic amines) is 2. The molecule has 2 heterocycles. The molecule has 0 N–H and O–H groups in total. The molecule has 0 aromatic heterocycles. The Balaban J connectivity index is 1.88. The zero-order chi connectivity index (χ0) is 15.7. The van der Waals surface area contributed by atoms with E-state index in [9.17, 15) is 0 Å². The van der Waals surface area contributed by atoms with Crippen molar-refractivity contribution in [2.45, 2.75) is 48.0 Å². The largest absolute Gasteiger partial charge is 0.323 e. The standard InChI is InChI=1S/C19H40N2/c1-7-20(12-16(3)17(4)13-20)10-9-11-21(8-2)14-18(5)19(6)15-21/h16-19H,7-15H2,1-6H3/q+2. The molecule has 2 rings (SSSR count). The highest BCUT2D eigenvalue weighted by atomic mass is 15.4. The lowest BCUT2D eigenvalue weighted by Gasteiger charge is -2.37. The van der Waals surface area contributed by atoms with E-state index in [1.807, 2.05) is 0 Å². The van der Waals surface area contributed by atoms with E-state index >= 15 is 0 Å². The van der Waals surface area contributed by atoms with Crippen LogP contribution in [0.15, 0.2) is 0 Å². The summed E-state index contributed by atoms with van der Waals surface area (Å²) in [5.41, 5.74) is 0. The highest BCUT2D eigenvalue weighted by molar-refractivity contribution is 4.71. The third kappa shape index (κ3) is 3.64. The van der Waals surface area contributed by atoms with Crippen LogP contribution in [-0.4, -0.2) is 61.3 Å². The van der Waals surface area contributed by atoms with Crippen molar-refractivity contribution in [1.29, 1.82) is 0 Å². The first kappa shape index (κ1) is 17.3. The van der Waals surface area contributed by atoms with Gasteiger partial charge in [-0.1, -0.05) is 27.7 Å². The van der Waals surface area contributed by atoms with Crippen LogP contribution in [0.5, 0.6) is 0 Å². The molecule has 0 aromatic carbocycles. The van der Waals surface area contributed by atoms with Gasteiger partial charge in [-0.05, 0) is 13.8 Å².